The second-order valence-electron chi connectivity index (χ2n) is 10.5. The molecule has 0 aromatic rings. The molecular formula is C22H36O4. The van der Waals surface area contributed by atoms with Crippen molar-refractivity contribution in [3.8, 4) is 0 Å². The van der Waals surface area contributed by atoms with Gasteiger partial charge in [0.25, 0.3) is 0 Å². The Morgan fingerprint density at radius 3 is 2.54 bits per heavy atom. The van der Waals surface area contributed by atoms with Gasteiger partial charge in [0, 0.05) is 25.2 Å². The molecule has 0 aromatic heterocycles. The third-order valence-corrected chi connectivity index (χ3v) is 7.99. The molecule has 1 saturated carbocycles. The second-order valence-corrected chi connectivity index (χ2v) is 10.5. The fraction of sp³-hybridized carbons (Fsp3) is 0.955. The molecule has 3 heterocycles. The van der Waals surface area contributed by atoms with Crippen molar-refractivity contribution in [3.05, 3.63) is 0 Å². The van der Waals surface area contributed by atoms with Crippen molar-refractivity contribution < 1.29 is 19.0 Å². The highest BCUT2D eigenvalue weighted by Gasteiger charge is 2.67. The van der Waals surface area contributed by atoms with Crippen molar-refractivity contribution in [3.63, 3.8) is 0 Å². The lowest BCUT2D eigenvalue weighted by Crippen LogP contribution is -2.60. The molecule has 1 aliphatic carbocycles. The fourth-order valence-corrected chi connectivity index (χ4v) is 7.10. The van der Waals surface area contributed by atoms with Crippen molar-refractivity contribution in [1.29, 1.82) is 0 Å². The van der Waals surface area contributed by atoms with Gasteiger partial charge in [0.1, 0.15) is 5.60 Å². The van der Waals surface area contributed by atoms with E-state index in [2.05, 4.69) is 34.6 Å². The fourth-order valence-electron chi connectivity index (χ4n) is 7.10. The maximum absolute atomic E-state index is 11.9. The van der Waals surface area contributed by atoms with Crippen LogP contribution in [0.4, 0.5) is 0 Å². The largest absolute Gasteiger partial charge is 0.459 e. The molecule has 4 aliphatic rings. The number of hydrogen-bond acceptors (Lipinski definition) is 4. The Morgan fingerprint density at radius 1 is 1.15 bits per heavy atom. The van der Waals surface area contributed by atoms with Crippen LogP contribution in [0.15, 0.2) is 0 Å². The first-order valence-electron chi connectivity index (χ1n) is 10.6. The minimum absolute atomic E-state index is 0.112. The second kappa shape index (κ2) is 5.94. The number of carbonyl (C=O) groups is 1. The van der Waals surface area contributed by atoms with Crippen LogP contribution in [-0.4, -0.2) is 35.0 Å². The summed E-state index contributed by atoms with van der Waals surface area (Å²) in [6.45, 7) is 12.9. The summed E-state index contributed by atoms with van der Waals surface area (Å²) in [5.74, 6) is 1.73. The molecule has 4 bridgehead atoms. The average molecular weight is 365 g/mol. The average Bonchev–Trinajstić information content (AvgIpc) is 2.83. The Kier molecular flexibility index (Phi) is 4.28. The first-order chi connectivity index (χ1) is 12.1. The summed E-state index contributed by atoms with van der Waals surface area (Å²) < 4.78 is 19.5. The van der Waals surface area contributed by atoms with Crippen LogP contribution in [0.5, 0.6) is 0 Å². The number of esters is 1. The number of fused-ring (bicyclic) bond motifs is 8. The summed E-state index contributed by atoms with van der Waals surface area (Å²) in [4.78, 5) is 11.9. The Labute approximate surface area is 158 Å². The van der Waals surface area contributed by atoms with Gasteiger partial charge in [-0.25, -0.2) is 0 Å². The van der Waals surface area contributed by atoms with Crippen molar-refractivity contribution in [1.82, 2.24) is 0 Å². The smallest absolute Gasteiger partial charge is 0.303 e. The van der Waals surface area contributed by atoms with Crippen LogP contribution < -0.4 is 0 Å². The van der Waals surface area contributed by atoms with Gasteiger partial charge in [-0.1, -0.05) is 13.8 Å². The molecule has 4 heteroatoms. The molecule has 0 amide bonds. The molecule has 4 nitrogen and oxygen atoms in total. The lowest BCUT2D eigenvalue weighted by Gasteiger charge is -2.55. The van der Waals surface area contributed by atoms with E-state index in [1.807, 2.05) is 0 Å². The van der Waals surface area contributed by atoms with Gasteiger partial charge in [-0.2, -0.15) is 0 Å². The highest BCUT2D eigenvalue weighted by molar-refractivity contribution is 5.66. The summed E-state index contributed by atoms with van der Waals surface area (Å²) in [5.41, 5.74) is -0.748. The van der Waals surface area contributed by atoms with Gasteiger partial charge in [0.2, 0.25) is 0 Å². The molecule has 0 aromatic carbocycles. The van der Waals surface area contributed by atoms with Crippen LogP contribution in [0.3, 0.4) is 0 Å². The van der Waals surface area contributed by atoms with E-state index in [1.165, 1.54) is 6.42 Å². The number of hydrogen-bond donors (Lipinski definition) is 0. The van der Waals surface area contributed by atoms with E-state index in [4.69, 9.17) is 14.2 Å². The van der Waals surface area contributed by atoms with Gasteiger partial charge in [0.15, 0.2) is 0 Å². The molecule has 3 aliphatic heterocycles. The maximum atomic E-state index is 11.9. The normalized spacial score (nSPS) is 53.1. The highest BCUT2D eigenvalue weighted by atomic mass is 16.6. The first kappa shape index (κ1) is 18.7. The number of rotatable bonds is 2. The molecule has 148 valence electrons. The molecule has 0 N–H and O–H groups in total. The SMILES string of the molecule is CC(=O)O[C@]1(C)CC[C@@H](C(C)C)[C@H]2[C@@H]1[C@@H]1C[C@@]3(C)CCC[C@](C)(O3)[C@H]2O1. The third kappa shape index (κ3) is 2.74. The van der Waals surface area contributed by atoms with Crippen molar-refractivity contribution in [2.75, 3.05) is 0 Å². The summed E-state index contributed by atoms with van der Waals surface area (Å²) in [6, 6.07) is 0. The predicted molar refractivity (Wildman–Crippen MR) is 99.7 cm³/mol. The van der Waals surface area contributed by atoms with Crippen molar-refractivity contribution >= 4 is 5.97 Å². The van der Waals surface area contributed by atoms with E-state index >= 15 is 0 Å². The zero-order valence-electron chi connectivity index (χ0n) is 17.3. The van der Waals surface area contributed by atoms with Crippen LogP contribution in [0, 0.1) is 23.7 Å². The molecule has 8 atom stereocenters. The zero-order chi connectivity index (χ0) is 18.9. The van der Waals surface area contributed by atoms with E-state index in [9.17, 15) is 4.79 Å². The van der Waals surface area contributed by atoms with Gasteiger partial charge in [-0.05, 0) is 64.7 Å². The molecule has 4 fully saturated rings. The molecular weight excluding hydrogens is 328 g/mol. The van der Waals surface area contributed by atoms with Crippen LogP contribution in [0.1, 0.15) is 80.1 Å². The molecule has 0 spiro atoms. The molecule has 26 heavy (non-hydrogen) atoms. The van der Waals surface area contributed by atoms with E-state index in [1.54, 1.807) is 6.92 Å². The number of ether oxygens (including phenoxy) is 3. The van der Waals surface area contributed by atoms with E-state index < -0.39 is 5.60 Å². The van der Waals surface area contributed by atoms with Gasteiger partial charge in [0.05, 0.1) is 23.4 Å². The van der Waals surface area contributed by atoms with Crippen molar-refractivity contribution in [2.45, 2.75) is 109 Å². The minimum Gasteiger partial charge on any atom is -0.459 e. The maximum Gasteiger partial charge on any atom is 0.303 e. The lowest BCUT2D eigenvalue weighted by atomic mass is 9.56. The van der Waals surface area contributed by atoms with E-state index in [-0.39, 0.29) is 35.3 Å². The van der Waals surface area contributed by atoms with Gasteiger partial charge >= 0.3 is 5.97 Å². The van der Waals surface area contributed by atoms with Crippen LogP contribution >= 0.6 is 0 Å². The number of carbonyl (C=O) groups excluding carboxylic acids is 1. The Balaban J connectivity index is 1.78. The zero-order valence-corrected chi connectivity index (χ0v) is 17.3. The van der Waals surface area contributed by atoms with Gasteiger partial charge in [-0.3, -0.25) is 4.79 Å². The molecule has 0 unspecified atom stereocenters. The van der Waals surface area contributed by atoms with Crippen molar-refractivity contribution in [2.24, 2.45) is 23.7 Å². The van der Waals surface area contributed by atoms with Crippen LogP contribution in [-0.2, 0) is 19.0 Å². The third-order valence-electron chi connectivity index (χ3n) is 7.99. The Morgan fingerprint density at radius 2 is 1.88 bits per heavy atom. The van der Waals surface area contributed by atoms with Crippen LogP contribution in [0.2, 0.25) is 0 Å². The standard InChI is InChI=1S/C22H36O4/c1-13(2)15-8-11-21(5,25-14(3)23)18-16-12-20(4)9-7-10-22(6,26-20)19(24-16)17(15)18/h13,15-19H,7-12H2,1-6H3/t15-,16-,17-,18-,19-,20+,21+,22-/m0/s1. The van der Waals surface area contributed by atoms with E-state index in [0.717, 1.165) is 32.1 Å². The first-order valence-corrected chi connectivity index (χ1v) is 10.6. The van der Waals surface area contributed by atoms with Crippen LogP contribution in [0.25, 0.3) is 0 Å². The summed E-state index contributed by atoms with van der Waals surface area (Å²) in [7, 11) is 0. The van der Waals surface area contributed by atoms with E-state index in [0.29, 0.717) is 17.8 Å². The topological polar surface area (TPSA) is 44.8 Å². The molecule has 3 saturated heterocycles. The monoisotopic (exact) mass is 364 g/mol. The summed E-state index contributed by atoms with van der Waals surface area (Å²) in [6.07, 6.45) is 6.58. The van der Waals surface area contributed by atoms with Gasteiger partial charge < -0.3 is 14.2 Å². The summed E-state index contributed by atoms with van der Waals surface area (Å²) in [5, 5.41) is 0. The Bertz CT molecular complexity index is 589. The lowest BCUT2D eigenvalue weighted by molar-refractivity contribution is -0.219. The quantitative estimate of drug-likeness (QED) is 0.677. The molecule has 0 radical (unpaired) electrons. The van der Waals surface area contributed by atoms with Gasteiger partial charge in [-0.15, -0.1) is 0 Å². The summed E-state index contributed by atoms with van der Waals surface area (Å²) >= 11 is 0. The predicted octanol–water partition coefficient (Wildman–Crippen LogP) is 4.50. The Hall–Kier alpha value is -0.610. The molecule has 4 rings (SSSR count). The minimum atomic E-state index is -0.417. The highest BCUT2D eigenvalue weighted by Crippen LogP contribution is 2.61.